The molecule has 218 valence electrons. The molecule has 0 amide bonds. The molecule has 1 N–H and O–H groups in total. The number of hydrogen-bond donors (Lipinski definition) is 1. The van der Waals surface area contributed by atoms with Crippen molar-refractivity contribution >= 4 is 0 Å². The maximum atomic E-state index is 10.0. The highest BCUT2D eigenvalue weighted by Gasteiger charge is 2.33. The third-order valence-corrected chi connectivity index (χ3v) is 5.43. The summed E-state index contributed by atoms with van der Waals surface area (Å²) in [6.45, 7) is 26.8. The van der Waals surface area contributed by atoms with E-state index in [-0.39, 0.29) is 30.0 Å². The first-order chi connectivity index (χ1) is 16.3. The van der Waals surface area contributed by atoms with E-state index in [1.807, 2.05) is 55.5 Å². The number of aliphatic hydroxyl groups is 1. The monoisotopic (exact) mass is 521 g/mol. The van der Waals surface area contributed by atoms with Gasteiger partial charge in [-0.3, -0.25) is 4.84 Å². The third-order valence-electron chi connectivity index (χ3n) is 5.43. The molecule has 0 aliphatic heterocycles. The molecule has 0 rings (SSSR count). The zero-order valence-electron chi connectivity index (χ0n) is 25.7. The first kappa shape index (κ1) is 35.7. The van der Waals surface area contributed by atoms with Crippen LogP contribution in [-0.4, -0.2) is 97.5 Å². The van der Waals surface area contributed by atoms with Gasteiger partial charge in [0, 0.05) is 26.8 Å². The second kappa shape index (κ2) is 15.9. The van der Waals surface area contributed by atoms with Crippen LogP contribution in [0.5, 0.6) is 0 Å². The van der Waals surface area contributed by atoms with E-state index in [1.54, 1.807) is 5.06 Å². The van der Waals surface area contributed by atoms with Crippen molar-refractivity contribution in [3.8, 4) is 0 Å². The van der Waals surface area contributed by atoms with E-state index >= 15 is 0 Å². The minimum atomic E-state index is -0.611. The van der Waals surface area contributed by atoms with E-state index in [0.29, 0.717) is 26.4 Å². The van der Waals surface area contributed by atoms with E-state index in [4.69, 9.17) is 28.5 Å². The van der Waals surface area contributed by atoms with Gasteiger partial charge in [0.05, 0.1) is 54.4 Å². The maximum absolute atomic E-state index is 10.0. The summed E-state index contributed by atoms with van der Waals surface area (Å²) in [5.41, 5.74) is -1.62. The molecule has 0 radical (unpaired) electrons. The fourth-order valence-electron chi connectivity index (χ4n) is 3.32. The number of hydrogen-bond acceptors (Lipinski definition) is 8. The van der Waals surface area contributed by atoms with Crippen LogP contribution < -0.4 is 0 Å². The molecular formula is C28H59NO7. The van der Waals surface area contributed by atoms with Gasteiger partial charge in [0.1, 0.15) is 6.10 Å². The van der Waals surface area contributed by atoms with Crippen LogP contribution >= 0.6 is 0 Å². The third kappa shape index (κ3) is 18.9. The highest BCUT2D eigenvalue weighted by molar-refractivity contribution is 4.79. The Kier molecular flexibility index (Phi) is 15.8. The molecule has 36 heavy (non-hydrogen) atoms. The maximum Gasteiger partial charge on any atom is 0.107 e. The van der Waals surface area contributed by atoms with Crippen molar-refractivity contribution in [1.82, 2.24) is 5.06 Å². The lowest BCUT2D eigenvalue weighted by molar-refractivity contribution is -0.232. The van der Waals surface area contributed by atoms with Gasteiger partial charge in [0.25, 0.3) is 0 Å². The predicted octanol–water partition coefficient (Wildman–Crippen LogP) is 5.01. The highest BCUT2D eigenvalue weighted by Crippen LogP contribution is 2.24. The average molecular weight is 522 g/mol. The van der Waals surface area contributed by atoms with Crippen LogP contribution in [0.4, 0.5) is 0 Å². The molecule has 0 bridgehead atoms. The van der Waals surface area contributed by atoms with Gasteiger partial charge in [-0.15, -0.1) is 0 Å². The molecule has 0 spiro atoms. The molecule has 0 aromatic carbocycles. The Labute approximate surface area is 222 Å². The van der Waals surface area contributed by atoms with Gasteiger partial charge < -0.3 is 28.8 Å². The van der Waals surface area contributed by atoms with Crippen LogP contribution in [0.1, 0.15) is 95.9 Å². The van der Waals surface area contributed by atoms with Gasteiger partial charge in [-0.25, -0.2) is 0 Å². The Bertz CT molecular complexity index is 573. The minimum Gasteiger partial charge on any atom is -0.394 e. The van der Waals surface area contributed by atoms with Crippen molar-refractivity contribution in [2.24, 2.45) is 0 Å². The molecule has 8 heteroatoms. The summed E-state index contributed by atoms with van der Waals surface area (Å²) in [6, 6.07) is 0. The molecule has 0 aromatic rings. The number of ether oxygens (including phenoxy) is 5. The van der Waals surface area contributed by atoms with Crippen molar-refractivity contribution in [2.45, 2.75) is 137 Å². The number of aliphatic hydroxyl groups excluding tert-OH is 1. The van der Waals surface area contributed by atoms with Gasteiger partial charge in [-0.05, 0) is 95.9 Å². The highest BCUT2D eigenvalue weighted by atomic mass is 16.7. The van der Waals surface area contributed by atoms with Crippen molar-refractivity contribution in [1.29, 1.82) is 0 Å². The van der Waals surface area contributed by atoms with Crippen LogP contribution in [0.15, 0.2) is 0 Å². The van der Waals surface area contributed by atoms with E-state index in [0.717, 1.165) is 19.4 Å². The van der Waals surface area contributed by atoms with Crippen molar-refractivity contribution < 1.29 is 33.6 Å². The summed E-state index contributed by atoms with van der Waals surface area (Å²) in [4.78, 5) is 5.89. The van der Waals surface area contributed by atoms with Crippen molar-refractivity contribution in [3.05, 3.63) is 0 Å². The molecule has 0 aromatic heterocycles. The fraction of sp³-hybridized carbons (Fsp3) is 1.00. The van der Waals surface area contributed by atoms with E-state index in [1.165, 1.54) is 0 Å². The predicted molar refractivity (Wildman–Crippen MR) is 145 cm³/mol. The van der Waals surface area contributed by atoms with Crippen LogP contribution in [0.2, 0.25) is 0 Å². The SMILES string of the molecule is CC(C)OCCC(C)(C)OCC(C)(C)OC(C)C(CO)OC(C)(C)CON(C)CCCOC(C)(C)C. The molecular weight excluding hydrogens is 462 g/mol. The second-order valence-electron chi connectivity index (χ2n) is 12.8. The summed E-state index contributed by atoms with van der Waals surface area (Å²) >= 11 is 0. The Morgan fingerprint density at radius 1 is 0.750 bits per heavy atom. The lowest BCUT2D eigenvalue weighted by Crippen LogP contribution is -2.47. The topological polar surface area (TPSA) is 78.9 Å². The fourth-order valence-corrected chi connectivity index (χ4v) is 3.32. The Morgan fingerprint density at radius 3 is 1.86 bits per heavy atom. The lowest BCUT2D eigenvalue weighted by Gasteiger charge is -2.38. The molecule has 0 aliphatic rings. The van der Waals surface area contributed by atoms with E-state index in [9.17, 15) is 5.11 Å². The summed E-state index contributed by atoms with van der Waals surface area (Å²) in [6.07, 6.45) is 1.04. The average Bonchev–Trinajstić information content (AvgIpc) is 2.71. The van der Waals surface area contributed by atoms with Crippen molar-refractivity contribution in [2.75, 3.05) is 46.6 Å². The van der Waals surface area contributed by atoms with E-state index < -0.39 is 17.3 Å². The number of hydroxylamine groups is 2. The summed E-state index contributed by atoms with van der Waals surface area (Å²) < 4.78 is 30.1. The van der Waals surface area contributed by atoms with Gasteiger partial charge in [0.15, 0.2) is 0 Å². The first-order valence-corrected chi connectivity index (χ1v) is 13.5. The second-order valence-corrected chi connectivity index (χ2v) is 12.8. The molecule has 0 heterocycles. The lowest BCUT2D eigenvalue weighted by atomic mass is 10.0. The quantitative estimate of drug-likeness (QED) is 0.177. The minimum absolute atomic E-state index is 0.132. The Hall–Kier alpha value is -0.320. The van der Waals surface area contributed by atoms with Gasteiger partial charge in [0.2, 0.25) is 0 Å². The summed E-state index contributed by atoms with van der Waals surface area (Å²) in [5.74, 6) is 0. The van der Waals surface area contributed by atoms with Crippen LogP contribution in [-0.2, 0) is 28.5 Å². The van der Waals surface area contributed by atoms with Crippen LogP contribution in [0, 0.1) is 0 Å². The molecule has 2 atom stereocenters. The first-order valence-electron chi connectivity index (χ1n) is 13.5. The van der Waals surface area contributed by atoms with Gasteiger partial charge in [-0.1, -0.05) is 0 Å². The number of nitrogens with zero attached hydrogens (tertiary/aromatic N) is 1. The zero-order chi connectivity index (χ0) is 28.2. The standard InChI is InChI=1S/C28H59NO7/c1-22(2)31-18-15-26(7,8)33-20-27(9,10)35-23(3)24(19-30)36-28(11,12)21-34-29(13)16-14-17-32-25(4,5)6/h22-24,30H,14-21H2,1-13H3. The molecule has 2 unspecified atom stereocenters. The zero-order valence-corrected chi connectivity index (χ0v) is 25.7. The largest absolute Gasteiger partial charge is 0.394 e. The number of rotatable bonds is 20. The molecule has 0 aliphatic carbocycles. The smallest absolute Gasteiger partial charge is 0.107 e. The molecule has 0 saturated carbocycles. The van der Waals surface area contributed by atoms with Gasteiger partial charge >= 0.3 is 0 Å². The summed E-state index contributed by atoms with van der Waals surface area (Å²) in [7, 11) is 1.90. The molecule has 0 fully saturated rings. The normalized spacial score (nSPS) is 15.7. The Balaban J connectivity index is 4.61. The summed E-state index contributed by atoms with van der Waals surface area (Å²) in [5, 5.41) is 11.8. The molecule has 8 nitrogen and oxygen atoms in total. The van der Waals surface area contributed by atoms with Crippen molar-refractivity contribution in [3.63, 3.8) is 0 Å². The van der Waals surface area contributed by atoms with E-state index in [2.05, 4.69) is 34.6 Å². The Morgan fingerprint density at radius 2 is 1.33 bits per heavy atom. The van der Waals surface area contributed by atoms with Gasteiger partial charge in [-0.2, -0.15) is 5.06 Å². The van der Waals surface area contributed by atoms with Crippen LogP contribution in [0.3, 0.4) is 0 Å². The van der Waals surface area contributed by atoms with Crippen LogP contribution in [0.25, 0.3) is 0 Å². The molecule has 0 saturated heterocycles.